The fourth-order valence-electron chi connectivity index (χ4n) is 1.39. The van der Waals surface area contributed by atoms with E-state index in [-0.39, 0.29) is 0 Å². The first kappa shape index (κ1) is 11.7. The van der Waals surface area contributed by atoms with Crippen molar-refractivity contribution in [3.8, 4) is 11.8 Å². The van der Waals surface area contributed by atoms with Crippen molar-refractivity contribution in [2.75, 3.05) is 19.0 Å². The average molecular weight is 201 g/mol. The second-order valence-corrected chi connectivity index (χ2v) is 3.82. The first-order chi connectivity index (χ1) is 7.25. The summed E-state index contributed by atoms with van der Waals surface area (Å²) in [5, 5.41) is 0. The number of unbranched alkanes of at least 4 members (excludes halogenated alkanes) is 2. The Morgan fingerprint density at radius 1 is 1.20 bits per heavy atom. The maximum Gasteiger partial charge on any atom is 0.0520 e. The lowest BCUT2D eigenvalue weighted by atomic mass is 10.1. The SMILES string of the molecule is CCCCC#Cc1ccccc1N(C)C. The van der Waals surface area contributed by atoms with E-state index in [1.807, 2.05) is 26.2 Å². The van der Waals surface area contributed by atoms with Crippen LogP contribution in [0.3, 0.4) is 0 Å². The van der Waals surface area contributed by atoms with Gasteiger partial charge in [0.2, 0.25) is 0 Å². The zero-order chi connectivity index (χ0) is 11.1. The van der Waals surface area contributed by atoms with Crippen LogP contribution in [0.5, 0.6) is 0 Å². The van der Waals surface area contributed by atoms with E-state index in [1.165, 1.54) is 18.5 Å². The van der Waals surface area contributed by atoms with E-state index < -0.39 is 0 Å². The molecule has 1 rings (SSSR count). The molecule has 0 heterocycles. The number of para-hydroxylation sites is 1. The van der Waals surface area contributed by atoms with Crippen LogP contribution in [-0.4, -0.2) is 14.1 Å². The number of hydrogen-bond donors (Lipinski definition) is 0. The average Bonchev–Trinajstić information content (AvgIpc) is 2.25. The topological polar surface area (TPSA) is 3.24 Å². The van der Waals surface area contributed by atoms with Gasteiger partial charge in [0.1, 0.15) is 0 Å². The van der Waals surface area contributed by atoms with Crippen molar-refractivity contribution >= 4 is 5.69 Å². The molecule has 0 amide bonds. The number of hydrogen-bond acceptors (Lipinski definition) is 1. The molecule has 0 aliphatic heterocycles. The summed E-state index contributed by atoms with van der Waals surface area (Å²) >= 11 is 0. The van der Waals surface area contributed by atoms with E-state index in [4.69, 9.17) is 0 Å². The molecule has 0 saturated carbocycles. The number of anilines is 1. The summed E-state index contributed by atoms with van der Waals surface area (Å²) in [5.41, 5.74) is 2.32. The van der Waals surface area contributed by atoms with Gasteiger partial charge < -0.3 is 4.90 Å². The zero-order valence-corrected chi connectivity index (χ0v) is 9.88. The number of rotatable bonds is 3. The van der Waals surface area contributed by atoms with Gasteiger partial charge in [-0.25, -0.2) is 0 Å². The summed E-state index contributed by atoms with van der Waals surface area (Å²) in [4.78, 5) is 2.10. The molecule has 1 aromatic carbocycles. The molecule has 0 fully saturated rings. The van der Waals surface area contributed by atoms with Crippen molar-refractivity contribution in [3.05, 3.63) is 29.8 Å². The van der Waals surface area contributed by atoms with Gasteiger partial charge in [0, 0.05) is 26.1 Å². The Labute approximate surface area is 93.1 Å². The predicted octanol–water partition coefficient (Wildman–Crippen LogP) is 3.29. The van der Waals surface area contributed by atoms with Crippen molar-refractivity contribution < 1.29 is 0 Å². The first-order valence-corrected chi connectivity index (χ1v) is 5.51. The molecule has 0 aromatic heterocycles. The molecular weight excluding hydrogens is 182 g/mol. The quantitative estimate of drug-likeness (QED) is 0.536. The van der Waals surface area contributed by atoms with Gasteiger partial charge >= 0.3 is 0 Å². The fourth-order valence-corrected chi connectivity index (χ4v) is 1.39. The minimum atomic E-state index is 0.998. The molecule has 15 heavy (non-hydrogen) atoms. The van der Waals surface area contributed by atoms with Crippen LogP contribution < -0.4 is 4.90 Å². The fraction of sp³-hybridized carbons (Fsp3) is 0.429. The van der Waals surface area contributed by atoms with Gasteiger partial charge in [-0.3, -0.25) is 0 Å². The minimum Gasteiger partial charge on any atom is -0.377 e. The van der Waals surface area contributed by atoms with E-state index in [1.54, 1.807) is 0 Å². The van der Waals surface area contributed by atoms with E-state index in [2.05, 4.69) is 35.8 Å². The van der Waals surface area contributed by atoms with Gasteiger partial charge in [0.15, 0.2) is 0 Å². The standard InChI is InChI=1S/C14H19N/c1-4-5-6-7-10-13-11-8-9-12-14(13)15(2)3/h8-9,11-12H,4-6H2,1-3H3. The smallest absolute Gasteiger partial charge is 0.0520 e. The van der Waals surface area contributed by atoms with Crippen LogP contribution >= 0.6 is 0 Å². The molecule has 0 aliphatic carbocycles. The highest BCUT2D eigenvalue weighted by Gasteiger charge is 1.99. The van der Waals surface area contributed by atoms with Crippen LogP contribution in [-0.2, 0) is 0 Å². The Hall–Kier alpha value is -1.42. The largest absolute Gasteiger partial charge is 0.377 e. The first-order valence-electron chi connectivity index (χ1n) is 5.51. The molecule has 0 saturated heterocycles. The molecule has 1 aromatic rings. The van der Waals surface area contributed by atoms with Crippen molar-refractivity contribution in [3.63, 3.8) is 0 Å². The van der Waals surface area contributed by atoms with E-state index in [0.717, 1.165) is 12.0 Å². The van der Waals surface area contributed by atoms with Crippen molar-refractivity contribution in [1.82, 2.24) is 0 Å². The third-order valence-electron chi connectivity index (χ3n) is 2.26. The molecular formula is C14H19N. The van der Waals surface area contributed by atoms with Crippen molar-refractivity contribution in [1.29, 1.82) is 0 Å². The van der Waals surface area contributed by atoms with E-state index in [0.29, 0.717) is 0 Å². The lowest BCUT2D eigenvalue weighted by Crippen LogP contribution is -2.09. The zero-order valence-electron chi connectivity index (χ0n) is 9.88. The Balaban J connectivity index is 2.78. The number of benzene rings is 1. The lowest BCUT2D eigenvalue weighted by Gasteiger charge is -2.13. The van der Waals surface area contributed by atoms with Gasteiger partial charge in [0.25, 0.3) is 0 Å². The Morgan fingerprint density at radius 3 is 2.60 bits per heavy atom. The molecule has 0 bridgehead atoms. The highest BCUT2D eigenvalue weighted by molar-refractivity contribution is 5.59. The third kappa shape index (κ3) is 3.67. The summed E-state index contributed by atoms with van der Waals surface area (Å²) in [7, 11) is 4.10. The number of nitrogens with zero attached hydrogens (tertiary/aromatic N) is 1. The molecule has 0 atom stereocenters. The summed E-state index contributed by atoms with van der Waals surface area (Å²) in [6.45, 7) is 2.19. The van der Waals surface area contributed by atoms with E-state index in [9.17, 15) is 0 Å². The third-order valence-corrected chi connectivity index (χ3v) is 2.26. The molecule has 1 nitrogen and oxygen atoms in total. The monoisotopic (exact) mass is 201 g/mol. The minimum absolute atomic E-state index is 0.998. The Morgan fingerprint density at radius 2 is 1.93 bits per heavy atom. The highest BCUT2D eigenvalue weighted by Crippen LogP contribution is 2.16. The maximum atomic E-state index is 3.24. The Kier molecular flexibility index (Phi) is 4.77. The lowest BCUT2D eigenvalue weighted by molar-refractivity contribution is 0.828. The highest BCUT2D eigenvalue weighted by atomic mass is 15.1. The molecule has 0 radical (unpaired) electrons. The van der Waals surface area contributed by atoms with Gasteiger partial charge in [0.05, 0.1) is 5.69 Å². The van der Waals surface area contributed by atoms with Crippen LogP contribution in [0.2, 0.25) is 0 Å². The predicted molar refractivity (Wildman–Crippen MR) is 67.2 cm³/mol. The summed E-state index contributed by atoms with van der Waals surface area (Å²) in [6.07, 6.45) is 3.40. The van der Waals surface area contributed by atoms with Crippen LogP contribution in [0.15, 0.2) is 24.3 Å². The van der Waals surface area contributed by atoms with Crippen LogP contribution in [0.4, 0.5) is 5.69 Å². The van der Waals surface area contributed by atoms with Crippen molar-refractivity contribution in [2.24, 2.45) is 0 Å². The normalized spacial score (nSPS) is 9.27. The Bertz CT molecular complexity index is 355. The van der Waals surface area contributed by atoms with E-state index >= 15 is 0 Å². The van der Waals surface area contributed by atoms with Crippen LogP contribution in [0, 0.1) is 11.8 Å². The molecule has 0 unspecified atom stereocenters. The van der Waals surface area contributed by atoms with Gasteiger partial charge in [-0.1, -0.05) is 37.3 Å². The molecule has 1 heteroatoms. The van der Waals surface area contributed by atoms with Gasteiger partial charge in [-0.05, 0) is 18.6 Å². The van der Waals surface area contributed by atoms with Crippen molar-refractivity contribution in [2.45, 2.75) is 26.2 Å². The summed E-state index contributed by atoms with van der Waals surface area (Å²) in [5.74, 6) is 6.46. The van der Waals surface area contributed by atoms with Gasteiger partial charge in [-0.2, -0.15) is 0 Å². The second kappa shape index (κ2) is 6.14. The summed E-state index contributed by atoms with van der Waals surface area (Å²) in [6, 6.07) is 8.27. The molecule has 0 spiro atoms. The van der Waals surface area contributed by atoms with Gasteiger partial charge in [-0.15, -0.1) is 0 Å². The summed E-state index contributed by atoms with van der Waals surface area (Å²) < 4.78 is 0. The molecule has 0 aliphatic rings. The van der Waals surface area contributed by atoms with Crippen LogP contribution in [0.1, 0.15) is 31.7 Å². The molecule has 0 N–H and O–H groups in total. The molecule has 80 valence electrons. The maximum absolute atomic E-state index is 3.24. The van der Waals surface area contributed by atoms with Crippen LogP contribution in [0.25, 0.3) is 0 Å². The second-order valence-electron chi connectivity index (χ2n) is 3.82.